The molecule has 0 unspecified atom stereocenters. The monoisotopic (exact) mass is 407 g/mol. The first-order chi connectivity index (χ1) is 13.2. The van der Waals surface area contributed by atoms with Crippen molar-refractivity contribution in [3.8, 4) is 17.2 Å². The summed E-state index contributed by atoms with van der Waals surface area (Å²) in [6, 6.07) is 10.3. The Kier molecular flexibility index (Phi) is 7.32. The van der Waals surface area contributed by atoms with Crippen molar-refractivity contribution in [1.29, 1.82) is 0 Å². The molecule has 0 aliphatic carbocycles. The lowest BCUT2D eigenvalue weighted by Crippen LogP contribution is -2.37. The highest BCUT2D eigenvalue weighted by atomic mass is 32.2. The Labute approximate surface area is 167 Å². The Bertz CT molecular complexity index is 909. The van der Waals surface area contributed by atoms with E-state index in [1.54, 1.807) is 52.3 Å². The largest absolute Gasteiger partial charge is 0.496 e. The predicted molar refractivity (Wildman–Crippen MR) is 110 cm³/mol. The van der Waals surface area contributed by atoms with Gasteiger partial charge < -0.3 is 14.2 Å². The summed E-state index contributed by atoms with van der Waals surface area (Å²) in [5.74, 6) is 2.00. The number of aryl methyl sites for hydroxylation is 1. The number of sulfonamides is 1. The molecule has 0 bridgehead atoms. The van der Waals surface area contributed by atoms with Crippen LogP contribution in [0.25, 0.3) is 0 Å². The molecule has 0 aliphatic rings. The standard InChI is InChI=1S/C21H29NO5S/c1-14(2)17-12-21(15(3)11-20(17)26-6)28(23,24)22-16(4)13-27-19-10-8-7-9-18(19)25-5/h7-12,14,16,22H,13H2,1-6H3/t16-/m1/s1. The second kappa shape index (κ2) is 9.30. The van der Waals surface area contributed by atoms with Crippen LogP contribution in [0.2, 0.25) is 0 Å². The third-order valence-electron chi connectivity index (χ3n) is 4.35. The van der Waals surface area contributed by atoms with Crippen molar-refractivity contribution in [2.45, 2.75) is 44.6 Å². The van der Waals surface area contributed by atoms with Gasteiger partial charge in [0.1, 0.15) is 12.4 Å². The molecule has 0 saturated carbocycles. The number of nitrogens with one attached hydrogen (secondary N) is 1. The van der Waals surface area contributed by atoms with Crippen LogP contribution in [-0.4, -0.2) is 35.3 Å². The predicted octanol–water partition coefficient (Wildman–Crippen LogP) is 3.88. The van der Waals surface area contributed by atoms with E-state index in [0.29, 0.717) is 22.8 Å². The maximum Gasteiger partial charge on any atom is 0.241 e. The van der Waals surface area contributed by atoms with E-state index in [-0.39, 0.29) is 17.4 Å². The van der Waals surface area contributed by atoms with Crippen LogP contribution in [0, 0.1) is 6.92 Å². The first-order valence-corrected chi connectivity index (χ1v) is 10.6. The Morgan fingerprint density at radius 1 is 0.964 bits per heavy atom. The molecule has 0 aliphatic heterocycles. The zero-order valence-electron chi connectivity index (χ0n) is 17.3. The molecule has 0 amide bonds. The van der Waals surface area contributed by atoms with E-state index in [0.717, 1.165) is 5.56 Å². The van der Waals surface area contributed by atoms with Crippen molar-refractivity contribution in [2.75, 3.05) is 20.8 Å². The molecular formula is C21H29NO5S. The lowest BCUT2D eigenvalue weighted by Gasteiger charge is -2.19. The highest BCUT2D eigenvalue weighted by Gasteiger charge is 2.23. The summed E-state index contributed by atoms with van der Waals surface area (Å²) in [5.41, 5.74) is 1.48. The van der Waals surface area contributed by atoms with Crippen LogP contribution < -0.4 is 18.9 Å². The first-order valence-electron chi connectivity index (χ1n) is 9.16. The van der Waals surface area contributed by atoms with Crippen LogP contribution in [0.5, 0.6) is 17.2 Å². The van der Waals surface area contributed by atoms with E-state index in [1.807, 2.05) is 26.0 Å². The van der Waals surface area contributed by atoms with Gasteiger partial charge in [0.05, 0.1) is 25.2 Å². The van der Waals surface area contributed by atoms with Crippen LogP contribution in [0.1, 0.15) is 37.8 Å². The van der Waals surface area contributed by atoms with Crippen LogP contribution in [0.4, 0.5) is 0 Å². The number of benzene rings is 2. The van der Waals surface area contributed by atoms with Crippen molar-refractivity contribution in [2.24, 2.45) is 0 Å². The zero-order chi connectivity index (χ0) is 20.9. The molecule has 28 heavy (non-hydrogen) atoms. The van der Waals surface area contributed by atoms with E-state index in [4.69, 9.17) is 14.2 Å². The van der Waals surface area contributed by atoms with Crippen LogP contribution >= 0.6 is 0 Å². The fourth-order valence-corrected chi connectivity index (χ4v) is 4.40. The summed E-state index contributed by atoms with van der Waals surface area (Å²) in [6.07, 6.45) is 0. The van der Waals surface area contributed by atoms with Gasteiger partial charge in [-0.1, -0.05) is 26.0 Å². The first kappa shape index (κ1) is 22.0. The average Bonchev–Trinajstić information content (AvgIpc) is 2.65. The minimum atomic E-state index is -3.71. The molecule has 0 radical (unpaired) electrons. The lowest BCUT2D eigenvalue weighted by atomic mass is 10.0. The molecule has 2 aromatic carbocycles. The molecule has 2 aromatic rings. The zero-order valence-corrected chi connectivity index (χ0v) is 18.1. The van der Waals surface area contributed by atoms with Crippen molar-refractivity contribution in [3.05, 3.63) is 47.5 Å². The van der Waals surface area contributed by atoms with Crippen LogP contribution in [0.15, 0.2) is 41.3 Å². The van der Waals surface area contributed by atoms with Crippen LogP contribution in [0.3, 0.4) is 0 Å². The Hall–Kier alpha value is -2.25. The van der Waals surface area contributed by atoms with Gasteiger partial charge in [0.25, 0.3) is 0 Å². The number of ether oxygens (including phenoxy) is 3. The summed E-state index contributed by atoms with van der Waals surface area (Å²) < 4.78 is 44.9. The quantitative estimate of drug-likeness (QED) is 0.683. The molecular weight excluding hydrogens is 378 g/mol. The van der Waals surface area contributed by atoms with Crippen molar-refractivity contribution in [1.82, 2.24) is 4.72 Å². The summed E-state index contributed by atoms with van der Waals surface area (Å²) in [4.78, 5) is 0.251. The Morgan fingerprint density at radius 3 is 2.14 bits per heavy atom. The third-order valence-corrected chi connectivity index (χ3v) is 6.08. The van der Waals surface area contributed by atoms with Gasteiger partial charge in [0.15, 0.2) is 11.5 Å². The van der Waals surface area contributed by atoms with Gasteiger partial charge in [-0.3, -0.25) is 0 Å². The number of methoxy groups -OCH3 is 2. The molecule has 0 heterocycles. The lowest BCUT2D eigenvalue weighted by molar-refractivity contribution is 0.271. The average molecular weight is 408 g/mol. The third kappa shape index (κ3) is 5.17. The molecule has 2 rings (SSSR count). The number of rotatable bonds is 9. The molecule has 0 fully saturated rings. The van der Waals surface area contributed by atoms with Gasteiger partial charge in [-0.15, -0.1) is 0 Å². The molecule has 6 nitrogen and oxygen atoms in total. The fourth-order valence-electron chi connectivity index (χ4n) is 2.91. The molecule has 7 heteroatoms. The minimum Gasteiger partial charge on any atom is -0.496 e. The number of hydrogen-bond donors (Lipinski definition) is 1. The molecule has 0 spiro atoms. The van der Waals surface area contributed by atoms with E-state index in [2.05, 4.69) is 4.72 Å². The normalized spacial score (nSPS) is 12.7. The summed E-state index contributed by atoms with van der Waals surface area (Å²) in [6.45, 7) is 7.69. The highest BCUT2D eigenvalue weighted by molar-refractivity contribution is 7.89. The topological polar surface area (TPSA) is 73.9 Å². The van der Waals surface area contributed by atoms with Gasteiger partial charge in [-0.25, -0.2) is 13.1 Å². The number of hydrogen-bond acceptors (Lipinski definition) is 5. The van der Waals surface area contributed by atoms with E-state index in [1.165, 1.54) is 0 Å². The molecule has 0 saturated heterocycles. The summed E-state index contributed by atoms with van der Waals surface area (Å²) in [7, 11) is -0.558. The van der Waals surface area contributed by atoms with Gasteiger partial charge in [0.2, 0.25) is 10.0 Å². The molecule has 1 atom stereocenters. The van der Waals surface area contributed by atoms with E-state index < -0.39 is 16.1 Å². The SMILES string of the molecule is COc1ccccc1OC[C@@H](C)NS(=O)(=O)c1cc(C(C)C)c(OC)cc1C. The summed E-state index contributed by atoms with van der Waals surface area (Å²) in [5, 5.41) is 0. The van der Waals surface area contributed by atoms with Crippen molar-refractivity contribution >= 4 is 10.0 Å². The fraction of sp³-hybridized carbons (Fsp3) is 0.429. The maximum absolute atomic E-state index is 12.9. The number of para-hydroxylation sites is 2. The Morgan fingerprint density at radius 2 is 1.57 bits per heavy atom. The van der Waals surface area contributed by atoms with Gasteiger partial charge >= 0.3 is 0 Å². The Balaban J connectivity index is 2.17. The second-order valence-electron chi connectivity index (χ2n) is 7.00. The smallest absolute Gasteiger partial charge is 0.241 e. The van der Waals surface area contributed by atoms with Crippen molar-refractivity contribution in [3.63, 3.8) is 0 Å². The van der Waals surface area contributed by atoms with Gasteiger partial charge in [-0.2, -0.15) is 0 Å². The van der Waals surface area contributed by atoms with Crippen molar-refractivity contribution < 1.29 is 22.6 Å². The molecule has 0 aromatic heterocycles. The van der Waals surface area contributed by atoms with E-state index in [9.17, 15) is 8.42 Å². The maximum atomic E-state index is 12.9. The summed E-state index contributed by atoms with van der Waals surface area (Å²) >= 11 is 0. The molecule has 154 valence electrons. The van der Waals surface area contributed by atoms with Gasteiger partial charge in [0, 0.05) is 0 Å². The van der Waals surface area contributed by atoms with Gasteiger partial charge in [-0.05, 0) is 55.2 Å². The highest BCUT2D eigenvalue weighted by Crippen LogP contribution is 2.31. The second-order valence-corrected chi connectivity index (χ2v) is 8.68. The van der Waals surface area contributed by atoms with Crippen LogP contribution in [-0.2, 0) is 10.0 Å². The van der Waals surface area contributed by atoms with E-state index >= 15 is 0 Å². The minimum absolute atomic E-state index is 0.135. The molecule has 1 N–H and O–H groups in total.